The minimum atomic E-state index is -0.649. The minimum absolute atomic E-state index is 0.117. The van der Waals surface area contributed by atoms with E-state index in [0.717, 1.165) is 4.88 Å². The van der Waals surface area contributed by atoms with Crippen molar-refractivity contribution in [1.82, 2.24) is 4.98 Å². The molecule has 1 aromatic heterocycles. The lowest BCUT2D eigenvalue weighted by Crippen LogP contribution is -2.37. The number of nitrogens with zero attached hydrogens (tertiary/aromatic N) is 1. The van der Waals surface area contributed by atoms with Gasteiger partial charge in [-0.25, -0.2) is 0 Å². The number of carbonyl (C=O) groups is 1. The molecule has 0 aliphatic carbocycles. The zero-order chi connectivity index (χ0) is 10.6. The van der Waals surface area contributed by atoms with Crippen molar-refractivity contribution in [2.24, 2.45) is 0 Å². The van der Waals surface area contributed by atoms with Gasteiger partial charge in [-0.15, -0.1) is 11.3 Å². The van der Waals surface area contributed by atoms with Gasteiger partial charge in [0.25, 0.3) is 0 Å². The largest absolute Gasteiger partial charge is 0.371 e. The third-order valence-electron chi connectivity index (χ3n) is 2.53. The van der Waals surface area contributed by atoms with E-state index < -0.39 is 5.60 Å². The average Bonchev–Trinajstić information content (AvgIpc) is 2.69. The Morgan fingerprint density at radius 2 is 2.43 bits per heavy atom. The Bertz CT molecular complexity index is 291. The zero-order valence-corrected chi connectivity index (χ0v) is 9.56. The Kier molecular flexibility index (Phi) is 3.77. The second-order valence-electron chi connectivity index (χ2n) is 3.36. The Hall–Kier alpha value is -0.740. The van der Waals surface area contributed by atoms with E-state index in [0.29, 0.717) is 12.8 Å². The monoisotopic (exact) mass is 213 g/mol. The number of aromatic nitrogens is 1. The highest BCUT2D eigenvalue weighted by molar-refractivity contribution is 7.09. The first-order valence-electron chi connectivity index (χ1n) is 4.58. The summed E-state index contributed by atoms with van der Waals surface area (Å²) >= 11 is 1.50. The fourth-order valence-corrected chi connectivity index (χ4v) is 1.72. The van der Waals surface area contributed by atoms with E-state index in [2.05, 4.69) is 4.98 Å². The Morgan fingerprint density at radius 3 is 2.86 bits per heavy atom. The summed E-state index contributed by atoms with van der Waals surface area (Å²) in [5.41, 5.74) is 1.09. The summed E-state index contributed by atoms with van der Waals surface area (Å²) in [6, 6.07) is 0. The molecule has 1 rings (SSSR count). The van der Waals surface area contributed by atoms with Gasteiger partial charge in [0, 0.05) is 24.6 Å². The molecule has 78 valence electrons. The van der Waals surface area contributed by atoms with Crippen molar-refractivity contribution in [3.8, 4) is 0 Å². The third kappa shape index (κ3) is 2.39. The van der Waals surface area contributed by atoms with Crippen LogP contribution in [0.2, 0.25) is 0 Å². The molecule has 0 amide bonds. The fraction of sp³-hybridized carbons (Fsp3) is 0.600. The number of ether oxygens (including phenoxy) is 1. The molecule has 1 atom stereocenters. The number of thiazole rings is 1. The van der Waals surface area contributed by atoms with Crippen molar-refractivity contribution in [1.29, 1.82) is 0 Å². The quantitative estimate of drug-likeness (QED) is 0.751. The first-order chi connectivity index (χ1) is 6.62. The molecule has 1 heterocycles. The van der Waals surface area contributed by atoms with Crippen molar-refractivity contribution < 1.29 is 9.53 Å². The molecule has 0 bridgehead atoms. The van der Waals surface area contributed by atoms with Crippen LogP contribution in [0, 0.1) is 0 Å². The second kappa shape index (κ2) is 4.66. The zero-order valence-electron chi connectivity index (χ0n) is 8.74. The van der Waals surface area contributed by atoms with E-state index >= 15 is 0 Å². The lowest BCUT2D eigenvalue weighted by atomic mass is 9.95. The van der Waals surface area contributed by atoms with Crippen LogP contribution in [0.4, 0.5) is 0 Å². The van der Waals surface area contributed by atoms with Gasteiger partial charge in [0.2, 0.25) is 0 Å². The van der Waals surface area contributed by atoms with Crippen LogP contribution in [0.1, 0.15) is 25.1 Å². The normalized spacial score (nSPS) is 15.1. The summed E-state index contributed by atoms with van der Waals surface area (Å²) in [4.78, 5) is 16.8. The first-order valence-corrected chi connectivity index (χ1v) is 5.46. The molecule has 1 aromatic rings. The molecule has 0 saturated heterocycles. The average molecular weight is 213 g/mol. The van der Waals surface area contributed by atoms with E-state index in [4.69, 9.17) is 4.74 Å². The lowest BCUT2D eigenvalue weighted by Gasteiger charge is -2.24. The van der Waals surface area contributed by atoms with Gasteiger partial charge in [0.1, 0.15) is 5.60 Å². The van der Waals surface area contributed by atoms with Crippen molar-refractivity contribution >= 4 is 17.1 Å². The molecule has 0 aliphatic rings. The van der Waals surface area contributed by atoms with Gasteiger partial charge in [-0.1, -0.05) is 6.92 Å². The summed E-state index contributed by atoms with van der Waals surface area (Å²) in [6.07, 6.45) is 2.85. The van der Waals surface area contributed by atoms with Gasteiger partial charge >= 0.3 is 0 Å². The number of carbonyl (C=O) groups excluding carboxylic acids is 1. The topological polar surface area (TPSA) is 39.2 Å². The number of Topliss-reactive ketones (excluding diaryl/α,β-unsaturated/α-hetero) is 1. The molecular formula is C10H15NO2S. The summed E-state index contributed by atoms with van der Waals surface area (Å²) in [6.45, 7) is 3.78. The maximum absolute atomic E-state index is 11.8. The van der Waals surface area contributed by atoms with Gasteiger partial charge in [-0.2, -0.15) is 0 Å². The molecule has 1 unspecified atom stereocenters. The van der Waals surface area contributed by atoms with Gasteiger partial charge in [0.05, 0.1) is 5.51 Å². The van der Waals surface area contributed by atoms with Crippen LogP contribution in [0.5, 0.6) is 0 Å². The predicted octanol–water partition coefficient (Wildman–Crippen LogP) is 2.07. The minimum Gasteiger partial charge on any atom is -0.371 e. The van der Waals surface area contributed by atoms with Crippen molar-refractivity contribution in [3.63, 3.8) is 0 Å². The lowest BCUT2D eigenvalue weighted by molar-refractivity contribution is -0.138. The fourth-order valence-electron chi connectivity index (χ4n) is 1.13. The van der Waals surface area contributed by atoms with E-state index in [1.54, 1.807) is 18.8 Å². The van der Waals surface area contributed by atoms with E-state index in [-0.39, 0.29) is 5.78 Å². The molecule has 0 aromatic carbocycles. The van der Waals surface area contributed by atoms with Crippen LogP contribution < -0.4 is 0 Å². The predicted molar refractivity (Wildman–Crippen MR) is 56.5 cm³/mol. The number of ketones is 1. The third-order valence-corrected chi connectivity index (χ3v) is 3.31. The molecule has 14 heavy (non-hydrogen) atoms. The van der Waals surface area contributed by atoms with Gasteiger partial charge < -0.3 is 4.74 Å². The summed E-state index contributed by atoms with van der Waals surface area (Å²) in [5, 5.41) is 0. The first kappa shape index (κ1) is 11.3. The second-order valence-corrected chi connectivity index (χ2v) is 4.33. The maximum atomic E-state index is 11.8. The summed E-state index contributed by atoms with van der Waals surface area (Å²) < 4.78 is 5.23. The maximum Gasteiger partial charge on any atom is 0.169 e. The van der Waals surface area contributed by atoms with E-state index in [1.807, 2.05) is 13.8 Å². The highest BCUT2D eigenvalue weighted by atomic mass is 32.1. The molecular weight excluding hydrogens is 198 g/mol. The van der Waals surface area contributed by atoms with Gasteiger partial charge in [-0.3, -0.25) is 9.78 Å². The Balaban J connectivity index is 2.66. The molecule has 0 N–H and O–H groups in total. The van der Waals surface area contributed by atoms with Crippen LogP contribution in [0.15, 0.2) is 11.7 Å². The molecule has 3 nitrogen and oxygen atoms in total. The molecule has 0 spiro atoms. The van der Waals surface area contributed by atoms with Crippen LogP contribution in [-0.2, 0) is 16.0 Å². The molecule has 0 radical (unpaired) electrons. The Morgan fingerprint density at radius 1 is 1.71 bits per heavy atom. The van der Waals surface area contributed by atoms with Crippen molar-refractivity contribution in [3.05, 3.63) is 16.6 Å². The molecule has 4 heteroatoms. The van der Waals surface area contributed by atoms with E-state index in [9.17, 15) is 4.79 Å². The Labute approximate surface area is 88.1 Å². The van der Waals surface area contributed by atoms with Crippen molar-refractivity contribution in [2.75, 3.05) is 7.11 Å². The number of hydrogen-bond donors (Lipinski definition) is 0. The van der Waals surface area contributed by atoms with Crippen LogP contribution in [0.3, 0.4) is 0 Å². The molecule has 0 saturated carbocycles. The number of methoxy groups -OCH3 is 1. The molecule has 0 fully saturated rings. The van der Waals surface area contributed by atoms with Crippen molar-refractivity contribution in [2.45, 2.75) is 32.3 Å². The van der Waals surface area contributed by atoms with E-state index in [1.165, 1.54) is 11.3 Å². The SMILES string of the molecule is CCC(C)(OC)C(=O)Cc1cncs1. The standard InChI is InChI=1S/C10H15NO2S/c1-4-10(2,13-3)9(12)5-8-6-11-7-14-8/h6-7H,4-5H2,1-3H3. The smallest absolute Gasteiger partial charge is 0.169 e. The van der Waals surface area contributed by atoms with Gasteiger partial charge in [0.15, 0.2) is 5.78 Å². The van der Waals surface area contributed by atoms with Crippen LogP contribution >= 0.6 is 11.3 Å². The highest BCUT2D eigenvalue weighted by Gasteiger charge is 2.30. The van der Waals surface area contributed by atoms with Gasteiger partial charge in [-0.05, 0) is 13.3 Å². The van der Waals surface area contributed by atoms with Crippen LogP contribution in [-0.4, -0.2) is 23.5 Å². The summed E-state index contributed by atoms with van der Waals surface area (Å²) in [5.74, 6) is 0.117. The summed E-state index contributed by atoms with van der Waals surface area (Å²) in [7, 11) is 1.58. The highest BCUT2D eigenvalue weighted by Crippen LogP contribution is 2.19. The van der Waals surface area contributed by atoms with Crippen LogP contribution in [0.25, 0.3) is 0 Å². The molecule has 0 aliphatic heterocycles. The number of rotatable bonds is 5. The number of hydrogen-bond acceptors (Lipinski definition) is 4.